The van der Waals surface area contributed by atoms with Crippen molar-refractivity contribution < 1.29 is 14.3 Å². The predicted octanol–water partition coefficient (Wildman–Crippen LogP) is 3.59. The molecule has 0 N–H and O–H groups in total. The van der Waals surface area contributed by atoms with Crippen molar-refractivity contribution in [2.45, 2.75) is 45.3 Å². The molecule has 1 atom stereocenters. The normalized spacial score (nSPS) is 22.2. The van der Waals surface area contributed by atoms with E-state index in [9.17, 15) is 4.79 Å². The third-order valence-corrected chi connectivity index (χ3v) is 4.60. The minimum absolute atomic E-state index is 0.0829. The van der Waals surface area contributed by atoms with Crippen LogP contribution < -0.4 is 0 Å². The Labute approximate surface area is 130 Å². The van der Waals surface area contributed by atoms with E-state index in [2.05, 4.69) is 8.09 Å². The molecule has 2 rings (SSSR count). The molecule has 0 saturated carbocycles. The fraction of sp³-hybridized carbons (Fsp3) is 0.600. The summed E-state index contributed by atoms with van der Waals surface area (Å²) in [5, 5.41) is 0. The monoisotopic (exact) mass is 391 g/mol. The van der Waals surface area contributed by atoms with E-state index < -0.39 is 5.60 Å². The summed E-state index contributed by atoms with van der Waals surface area (Å²) in [6, 6.07) is 0.121. The number of amides is 1. The molecule has 2 aliphatic rings. The molecule has 0 aromatic carbocycles. The second kappa shape index (κ2) is 6.74. The Morgan fingerprint density at radius 1 is 1.50 bits per heavy atom. The van der Waals surface area contributed by atoms with Crippen molar-refractivity contribution in [1.82, 2.24) is 4.90 Å². The highest BCUT2D eigenvalue weighted by molar-refractivity contribution is 14.2. The van der Waals surface area contributed by atoms with Gasteiger partial charge in [-0.15, -0.1) is 0 Å². The number of hydrogen-bond donors (Lipinski definition) is 0. The summed E-state index contributed by atoms with van der Waals surface area (Å²) in [7, 11) is 0. The Kier molecular flexibility index (Phi) is 5.23. The zero-order chi connectivity index (χ0) is 14.6. The topological polar surface area (TPSA) is 38.8 Å². The lowest BCUT2D eigenvalue weighted by Crippen LogP contribution is -2.41. The maximum Gasteiger partial charge on any atom is 0.410 e. The van der Waals surface area contributed by atoms with Crippen LogP contribution in [-0.2, 0) is 9.47 Å². The zero-order valence-corrected chi connectivity index (χ0v) is 14.4. The van der Waals surface area contributed by atoms with Crippen molar-refractivity contribution in [3.05, 3.63) is 22.0 Å². The Bertz CT molecular complexity index is 449. The summed E-state index contributed by atoms with van der Waals surface area (Å²) in [5.74, 6) is 0.895. The molecular weight excluding hydrogens is 369 g/mol. The number of halogens is 1. The van der Waals surface area contributed by atoms with Crippen molar-refractivity contribution in [2.75, 3.05) is 13.2 Å². The number of carbonyl (C=O) groups is 1. The standard InChI is InChI=1S/C15H22INO3/c1-15(2,3)20-14(18)17-10-4-5-12(17)11-19-13-6-8-16-9-7-13/h6-9,12H,4-5,10-11H2,1-3H3/t12-/m0/s1. The van der Waals surface area contributed by atoms with Gasteiger partial charge in [-0.05, 0) is 53.9 Å². The van der Waals surface area contributed by atoms with Crippen molar-refractivity contribution in [3.63, 3.8) is 0 Å². The van der Waals surface area contributed by atoms with Crippen LogP contribution in [0.2, 0.25) is 0 Å². The van der Waals surface area contributed by atoms with Gasteiger partial charge in [0.1, 0.15) is 18.0 Å². The van der Waals surface area contributed by atoms with Crippen LogP contribution in [-0.4, -0.2) is 39.8 Å². The number of ether oxygens (including phenoxy) is 2. The largest absolute Gasteiger partial charge is 0.491 e. The van der Waals surface area contributed by atoms with Crippen LogP contribution >= 0.6 is 20.7 Å². The van der Waals surface area contributed by atoms with Gasteiger partial charge in [0.2, 0.25) is 0 Å². The van der Waals surface area contributed by atoms with Crippen LogP contribution in [0.3, 0.4) is 0 Å². The molecule has 0 spiro atoms. The lowest BCUT2D eigenvalue weighted by atomic mass is 10.2. The molecule has 112 valence electrons. The van der Waals surface area contributed by atoms with Gasteiger partial charge in [-0.1, -0.05) is 20.7 Å². The van der Waals surface area contributed by atoms with Gasteiger partial charge in [0.15, 0.2) is 0 Å². The number of likely N-dealkylation sites (tertiary alicyclic amines) is 1. The smallest absolute Gasteiger partial charge is 0.410 e. The Morgan fingerprint density at radius 3 is 2.95 bits per heavy atom. The highest BCUT2D eigenvalue weighted by atomic mass is 127. The van der Waals surface area contributed by atoms with E-state index in [1.807, 2.05) is 32.9 Å². The second-order valence-corrected chi connectivity index (χ2v) is 8.05. The molecule has 0 radical (unpaired) electrons. The van der Waals surface area contributed by atoms with Crippen LogP contribution in [0.1, 0.15) is 33.6 Å². The molecule has 2 heterocycles. The van der Waals surface area contributed by atoms with Gasteiger partial charge >= 0.3 is 6.09 Å². The van der Waals surface area contributed by atoms with Crippen LogP contribution in [0.5, 0.6) is 0 Å². The summed E-state index contributed by atoms with van der Waals surface area (Å²) < 4.78 is 15.6. The fourth-order valence-electron chi connectivity index (χ4n) is 2.15. The molecule has 0 bridgehead atoms. The summed E-state index contributed by atoms with van der Waals surface area (Å²) >= 11 is 0.0829. The van der Waals surface area contributed by atoms with Crippen molar-refractivity contribution in [2.24, 2.45) is 0 Å². The first kappa shape index (κ1) is 15.5. The number of rotatable bonds is 3. The van der Waals surface area contributed by atoms with E-state index in [1.54, 1.807) is 4.90 Å². The maximum absolute atomic E-state index is 12.1. The highest BCUT2D eigenvalue weighted by Crippen LogP contribution is 2.22. The van der Waals surface area contributed by atoms with E-state index in [1.165, 1.54) is 0 Å². The van der Waals surface area contributed by atoms with Gasteiger partial charge in [0, 0.05) is 6.54 Å². The minimum atomic E-state index is -0.446. The number of carbonyl (C=O) groups excluding carboxylic acids is 1. The van der Waals surface area contributed by atoms with Gasteiger partial charge in [-0.25, -0.2) is 4.79 Å². The lowest BCUT2D eigenvalue weighted by molar-refractivity contribution is 0.0160. The van der Waals surface area contributed by atoms with Gasteiger partial charge in [0.25, 0.3) is 0 Å². The molecule has 1 fully saturated rings. The van der Waals surface area contributed by atoms with E-state index in [4.69, 9.17) is 9.47 Å². The summed E-state index contributed by atoms with van der Waals surface area (Å²) in [4.78, 5) is 13.9. The average Bonchev–Trinajstić information content (AvgIpc) is 2.84. The van der Waals surface area contributed by atoms with E-state index in [0.29, 0.717) is 6.61 Å². The van der Waals surface area contributed by atoms with Crippen LogP contribution in [0, 0.1) is 0 Å². The van der Waals surface area contributed by atoms with E-state index >= 15 is 0 Å². The van der Waals surface area contributed by atoms with Crippen molar-refractivity contribution >= 4 is 30.8 Å². The number of nitrogens with zero attached hydrogens (tertiary/aromatic N) is 1. The molecule has 1 saturated heterocycles. The average molecular weight is 391 g/mol. The molecular formula is C15H22INO3. The molecule has 0 aromatic rings. The summed E-state index contributed by atoms with van der Waals surface area (Å²) in [5.41, 5.74) is -0.446. The summed E-state index contributed by atoms with van der Waals surface area (Å²) in [6.45, 7) is 6.98. The van der Waals surface area contributed by atoms with Crippen LogP contribution in [0.25, 0.3) is 0 Å². The van der Waals surface area contributed by atoms with Gasteiger partial charge < -0.3 is 14.4 Å². The SMILES string of the molecule is CC(C)(C)OC(=O)N1CCC[C@H]1COC1=CC=IC=C1. The molecule has 0 aromatic heterocycles. The first-order chi connectivity index (χ1) is 9.46. The van der Waals surface area contributed by atoms with Gasteiger partial charge in [0.05, 0.1) is 6.04 Å². The van der Waals surface area contributed by atoms with Gasteiger partial charge in [-0.2, -0.15) is 0 Å². The van der Waals surface area contributed by atoms with E-state index in [-0.39, 0.29) is 32.9 Å². The molecule has 1 amide bonds. The lowest BCUT2D eigenvalue weighted by Gasteiger charge is -2.28. The molecule has 0 unspecified atom stereocenters. The maximum atomic E-state index is 12.1. The second-order valence-electron chi connectivity index (χ2n) is 5.89. The van der Waals surface area contributed by atoms with E-state index in [0.717, 1.165) is 25.1 Å². The minimum Gasteiger partial charge on any atom is -0.491 e. The quantitative estimate of drug-likeness (QED) is 0.691. The Morgan fingerprint density at radius 2 is 2.30 bits per heavy atom. The van der Waals surface area contributed by atoms with Crippen molar-refractivity contribution in [3.8, 4) is 0 Å². The third-order valence-electron chi connectivity index (χ3n) is 3.05. The zero-order valence-electron chi connectivity index (χ0n) is 12.3. The molecule has 20 heavy (non-hydrogen) atoms. The number of allylic oxidation sites excluding steroid dienone is 2. The van der Waals surface area contributed by atoms with Crippen LogP contribution in [0.15, 0.2) is 22.0 Å². The Balaban J connectivity index is 1.87. The predicted molar refractivity (Wildman–Crippen MR) is 89.2 cm³/mol. The highest BCUT2D eigenvalue weighted by Gasteiger charge is 2.32. The molecule has 0 aliphatic carbocycles. The fourth-order valence-corrected chi connectivity index (χ4v) is 3.52. The van der Waals surface area contributed by atoms with Crippen LogP contribution in [0.4, 0.5) is 4.79 Å². The summed E-state index contributed by atoms with van der Waals surface area (Å²) in [6.07, 6.45) is 5.82. The van der Waals surface area contributed by atoms with Gasteiger partial charge in [-0.3, -0.25) is 0 Å². The number of hydrogen-bond acceptors (Lipinski definition) is 3. The molecule has 2 aliphatic heterocycles. The Hall–Kier alpha value is -0.850. The molecule has 5 heteroatoms. The first-order valence-electron chi connectivity index (χ1n) is 6.90. The molecule has 4 nitrogen and oxygen atoms in total. The first-order valence-corrected chi connectivity index (χ1v) is 9.39. The third kappa shape index (κ3) is 4.61. The van der Waals surface area contributed by atoms with Crippen molar-refractivity contribution in [1.29, 1.82) is 0 Å².